The summed E-state index contributed by atoms with van der Waals surface area (Å²) in [7, 11) is 0. The van der Waals surface area contributed by atoms with Crippen molar-refractivity contribution in [2.24, 2.45) is 0 Å². The molecule has 0 heterocycles. The molecule has 2 N–H and O–H groups in total. The predicted octanol–water partition coefficient (Wildman–Crippen LogP) is 2.18. The van der Waals surface area contributed by atoms with Crippen LogP contribution in [-0.4, -0.2) is 45.2 Å². The van der Waals surface area contributed by atoms with Crippen LogP contribution < -0.4 is 0 Å². The van der Waals surface area contributed by atoms with E-state index in [0.717, 1.165) is 30.1 Å². The summed E-state index contributed by atoms with van der Waals surface area (Å²) >= 11 is 3.43. The molecule has 0 rings (SSSR count). The number of aliphatic carboxylic acids is 2. The number of rotatable bonds is 11. The lowest BCUT2D eigenvalue weighted by Crippen LogP contribution is -1.97. The van der Waals surface area contributed by atoms with Gasteiger partial charge in [-0.25, -0.2) is 0 Å². The van der Waals surface area contributed by atoms with E-state index in [1.165, 1.54) is 0 Å². The highest BCUT2D eigenvalue weighted by Crippen LogP contribution is 2.10. The Hall–Kier alpha value is -0.360. The van der Waals surface area contributed by atoms with Gasteiger partial charge in [-0.1, -0.05) is 0 Å². The van der Waals surface area contributed by atoms with Crippen molar-refractivity contribution in [2.75, 3.05) is 23.0 Å². The lowest BCUT2D eigenvalue weighted by molar-refractivity contribution is -0.137. The van der Waals surface area contributed by atoms with Gasteiger partial charge in [0.05, 0.1) is 6.42 Å². The maximum Gasteiger partial charge on any atom is 0.304 e. The zero-order valence-corrected chi connectivity index (χ0v) is 10.8. The van der Waals surface area contributed by atoms with Gasteiger partial charge >= 0.3 is 11.9 Å². The van der Waals surface area contributed by atoms with Crippen molar-refractivity contribution in [3.05, 3.63) is 0 Å². The fourth-order valence-corrected chi connectivity index (χ4v) is 2.91. The second kappa shape index (κ2) is 11.1. The highest BCUT2D eigenvalue weighted by molar-refractivity contribution is 8.00. The summed E-state index contributed by atoms with van der Waals surface area (Å²) in [5.74, 6) is 2.12. The van der Waals surface area contributed by atoms with E-state index in [4.69, 9.17) is 10.2 Å². The minimum atomic E-state index is -0.740. The van der Waals surface area contributed by atoms with Crippen molar-refractivity contribution in [3.8, 4) is 0 Å². The maximum atomic E-state index is 10.2. The van der Waals surface area contributed by atoms with Crippen molar-refractivity contribution < 1.29 is 19.8 Å². The molecule has 0 spiro atoms. The van der Waals surface area contributed by atoms with Crippen LogP contribution >= 0.6 is 23.5 Å². The molecular formula is C10H18O4S2. The minimum absolute atomic E-state index is 0.233. The van der Waals surface area contributed by atoms with E-state index in [2.05, 4.69) is 0 Å². The molecule has 0 radical (unpaired) electrons. The molecule has 0 aliphatic heterocycles. The molecule has 0 saturated carbocycles. The molecular weight excluding hydrogens is 248 g/mol. The number of carbonyl (C=O) groups is 2. The first-order valence-corrected chi connectivity index (χ1v) is 7.53. The summed E-state index contributed by atoms with van der Waals surface area (Å²) in [5, 5.41) is 16.8. The average molecular weight is 266 g/mol. The lowest BCUT2D eigenvalue weighted by Gasteiger charge is -2.00. The molecule has 0 saturated heterocycles. The first-order chi connectivity index (χ1) is 7.63. The van der Waals surface area contributed by atoms with Crippen LogP contribution in [0.4, 0.5) is 0 Å². The third-order valence-electron chi connectivity index (χ3n) is 1.72. The van der Waals surface area contributed by atoms with Gasteiger partial charge in [-0.2, -0.15) is 23.5 Å². The van der Waals surface area contributed by atoms with E-state index in [0.29, 0.717) is 5.75 Å². The molecule has 0 fully saturated rings. The zero-order chi connectivity index (χ0) is 12.2. The molecule has 94 valence electrons. The number of carboxylic acids is 2. The van der Waals surface area contributed by atoms with E-state index in [9.17, 15) is 9.59 Å². The van der Waals surface area contributed by atoms with Gasteiger partial charge in [0, 0.05) is 12.2 Å². The minimum Gasteiger partial charge on any atom is -0.481 e. The molecule has 0 aliphatic rings. The molecule has 0 amide bonds. The summed E-state index contributed by atoms with van der Waals surface area (Å²) in [5.41, 5.74) is 0. The van der Waals surface area contributed by atoms with Gasteiger partial charge in [0.15, 0.2) is 0 Å². The molecule has 0 aliphatic carbocycles. The van der Waals surface area contributed by atoms with E-state index in [1.807, 2.05) is 0 Å². The van der Waals surface area contributed by atoms with E-state index < -0.39 is 11.9 Å². The summed E-state index contributed by atoms with van der Waals surface area (Å²) in [6.07, 6.45) is 2.27. The topological polar surface area (TPSA) is 74.6 Å². The van der Waals surface area contributed by atoms with Crippen LogP contribution in [0.5, 0.6) is 0 Å². The van der Waals surface area contributed by atoms with Crippen LogP contribution in [0.25, 0.3) is 0 Å². The smallest absolute Gasteiger partial charge is 0.304 e. The van der Waals surface area contributed by atoms with Crippen LogP contribution in [0.15, 0.2) is 0 Å². The Morgan fingerprint density at radius 1 is 0.750 bits per heavy atom. The van der Waals surface area contributed by atoms with Gasteiger partial charge in [-0.3, -0.25) is 9.59 Å². The van der Waals surface area contributed by atoms with Crippen LogP contribution in [0.3, 0.4) is 0 Å². The average Bonchev–Trinajstić information content (AvgIpc) is 2.20. The Morgan fingerprint density at radius 2 is 1.25 bits per heavy atom. The predicted molar refractivity (Wildman–Crippen MR) is 68.4 cm³/mol. The second-order valence-corrected chi connectivity index (χ2v) is 5.67. The van der Waals surface area contributed by atoms with Gasteiger partial charge in [0.2, 0.25) is 0 Å². The standard InChI is InChI=1S/C10H18O4S2/c11-9(12)3-1-5-15-6-2-7-16-8-4-10(13)14/h1-8H2,(H,11,12)(H,13,14). The Labute approximate surface area is 104 Å². The fraction of sp³-hybridized carbons (Fsp3) is 0.800. The normalized spacial score (nSPS) is 10.2. The molecule has 0 aromatic heterocycles. The van der Waals surface area contributed by atoms with Gasteiger partial charge in [0.1, 0.15) is 0 Å². The van der Waals surface area contributed by atoms with E-state index in [-0.39, 0.29) is 12.8 Å². The SMILES string of the molecule is O=C(O)CCCSCCCSCCC(=O)O. The monoisotopic (exact) mass is 266 g/mol. The van der Waals surface area contributed by atoms with Gasteiger partial charge in [0.25, 0.3) is 0 Å². The highest BCUT2D eigenvalue weighted by atomic mass is 32.2. The van der Waals surface area contributed by atoms with Crippen LogP contribution in [-0.2, 0) is 9.59 Å². The van der Waals surface area contributed by atoms with Gasteiger partial charge < -0.3 is 10.2 Å². The van der Waals surface area contributed by atoms with Crippen molar-refractivity contribution >= 4 is 35.5 Å². The van der Waals surface area contributed by atoms with Crippen molar-refractivity contribution in [3.63, 3.8) is 0 Å². The van der Waals surface area contributed by atoms with Crippen LogP contribution in [0.1, 0.15) is 25.7 Å². The second-order valence-electron chi connectivity index (χ2n) is 3.22. The molecule has 0 aromatic carbocycles. The Morgan fingerprint density at radius 3 is 1.81 bits per heavy atom. The summed E-state index contributed by atoms with van der Waals surface area (Å²) in [4.78, 5) is 20.4. The number of thioether (sulfide) groups is 2. The lowest BCUT2D eigenvalue weighted by atomic mass is 10.3. The molecule has 0 aromatic rings. The highest BCUT2D eigenvalue weighted by Gasteiger charge is 1.98. The molecule has 0 unspecified atom stereocenters. The quantitative estimate of drug-likeness (QED) is 0.558. The Bertz CT molecular complexity index is 187. The maximum absolute atomic E-state index is 10.2. The molecule has 0 bridgehead atoms. The first-order valence-electron chi connectivity index (χ1n) is 5.22. The third kappa shape index (κ3) is 13.6. The number of carboxylic acid groups (broad SMARTS) is 2. The van der Waals surface area contributed by atoms with Crippen molar-refractivity contribution in [1.29, 1.82) is 0 Å². The van der Waals surface area contributed by atoms with Crippen LogP contribution in [0, 0.1) is 0 Å². The summed E-state index contributed by atoms with van der Waals surface area (Å²) < 4.78 is 0. The zero-order valence-electron chi connectivity index (χ0n) is 9.18. The molecule has 4 nitrogen and oxygen atoms in total. The number of hydrogen-bond donors (Lipinski definition) is 2. The van der Waals surface area contributed by atoms with Crippen molar-refractivity contribution in [2.45, 2.75) is 25.7 Å². The molecule has 0 atom stereocenters. The Balaban J connectivity index is 2.98. The van der Waals surface area contributed by atoms with Crippen LogP contribution in [0.2, 0.25) is 0 Å². The van der Waals surface area contributed by atoms with E-state index in [1.54, 1.807) is 23.5 Å². The summed E-state index contributed by atoms with van der Waals surface area (Å²) in [6.45, 7) is 0. The number of hydrogen-bond acceptors (Lipinski definition) is 4. The van der Waals surface area contributed by atoms with Gasteiger partial charge in [-0.05, 0) is 30.1 Å². The third-order valence-corrected chi connectivity index (χ3v) is 3.94. The Kier molecular flexibility index (Phi) is 10.9. The molecule has 16 heavy (non-hydrogen) atoms. The summed E-state index contributed by atoms with van der Waals surface area (Å²) in [6, 6.07) is 0. The molecule has 6 heteroatoms. The van der Waals surface area contributed by atoms with Gasteiger partial charge in [-0.15, -0.1) is 0 Å². The fourth-order valence-electron chi connectivity index (χ4n) is 0.952. The largest absolute Gasteiger partial charge is 0.481 e. The first kappa shape index (κ1) is 15.6. The van der Waals surface area contributed by atoms with Crippen molar-refractivity contribution in [1.82, 2.24) is 0 Å². The van der Waals surface area contributed by atoms with E-state index >= 15 is 0 Å².